The molecule has 0 aliphatic carbocycles. The number of rotatable bonds is 3. The molecule has 3 heterocycles. The summed E-state index contributed by atoms with van der Waals surface area (Å²) in [5.41, 5.74) is 0.763. The van der Waals surface area contributed by atoms with Crippen LogP contribution in [0.4, 0.5) is 0 Å². The van der Waals surface area contributed by atoms with Crippen LogP contribution in [0.1, 0.15) is 28.7 Å². The first-order valence-electron chi connectivity index (χ1n) is 7.55. The predicted octanol–water partition coefficient (Wildman–Crippen LogP) is 0.0454. The van der Waals surface area contributed by atoms with Gasteiger partial charge >= 0.3 is 0 Å². The lowest BCUT2D eigenvalue weighted by Crippen LogP contribution is -2.52. The Morgan fingerprint density at radius 1 is 1.32 bits per heavy atom. The van der Waals surface area contributed by atoms with Crippen molar-refractivity contribution in [1.29, 1.82) is 0 Å². The van der Waals surface area contributed by atoms with Gasteiger partial charge in [0.1, 0.15) is 4.88 Å². The average Bonchev–Trinajstić information content (AvgIpc) is 3.12. The zero-order valence-electron chi connectivity index (χ0n) is 12.6. The van der Waals surface area contributed by atoms with Crippen LogP contribution in [0, 0.1) is 0 Å². The largest absolute Gasteiger partial charge is 0.335 e. The predicted molar refractivity (Wildman–Crippen MR) is 83.8 cm³/mol. The number of aryl methyl sites for hydroxylation is 1. The third-order valence-electron chi connectivity index (χ3n) is 4.41. The average molecular weight is 344 g/mol. The van der Waals surface area contributed by atoms with E-state index in [4.69, 9.17) is 0 Å². The van der Waals surface area contributed by atoms with E-state index in [0.717, 1.165) is 36.7 Å². The minimum Gasteiger partial charge on any atom is -0.335 e. The second kappa shape index (κ2) is 6.21. The SMILES string of the molecule is CCc1nnsc1C(=O)N1CCN([C@@H]2CCS(=O)(=O)C2)CC1. The van der Waals surface area contributed by atoms with Gasteiger partial charge in [-0.3, -0.25) is 9.69 Å². The van der Waals surface area contributed by atoms with Crippen molar-refractivity contribution >= 4 is 27.3 Å². The van der Waals surface area contributed by atoms with E-state index in [2.05, 4.69) is 14.5 Å². The van der Waals surface area contributed by atoms with Crippen LogP contribution in [0.3, 0.4) is 0 Å². The topological polar surface area (TPSA) is 83.5 Å². The monoisotopic (exact) mass is 344 g/mol. The molecule has 2 aliphatic heterocycles. The molecule has 1 aromatic heterocycles. The van der Waals surface area contributed by atoms with E-state index in [1.807, 2.05) is 11.8 Å². The lowest BCUT2D eigenvalue weighted by molar-refractivity contribution is 0.0591. The molecule has 122 valence electrons. The second-order valence-electron chi connectivity index (χ2n) is 5.79. The van der Waals surface area contributed by atoms with E-state index in [1.165, 1.54) is 0 Å². The number of sulfone groups is 1. The van der Waals surface area contributed by atoms with Crippen LogP contribution in [-0.2, 0) is 16.3 Å². The Kier molecular flexibility index (Phi) is 4.47. The van der Waals surface area contributed by atoms with Gasteiger partial charge in [-0.15, -0.1) is 5.10 Å². The van der Waals surface area contributed by atoms with E-state index < -0.39 is 9.84 Å². The minimum absolute atomic E-state index is 0.00513. The zero-order valence-corrected chi connectivity index (χ0v) is 14.2. The molecule has 0 bridgehead atoms. The van der Waals surface area contributed by atoms with Crippen molar-refractivity contribution in [3.8, 4) is 0 Å². The number of piperazine rings is 1. The third-order valence-corrected chi connectivity index (χ3v) is 6.92. The summed E-state index contributed by atoms with van der Waals surface area (Å²) >= 11 is 1.16. The molecule has 0 unspecified atom stereocenters. The molecule has 0 saturated carbocycles. The molecule has 2 saturated heterocycles. The fraction of sp³-hybridized carbons (Fsp3) is 0.769. The minimum atomic E-state index is -2.86. The molecule has 3 rings (SSSR count). The molecule has 9 heteroatoms. The number of amides is 1. The lowest BCUT2D eigenvalue weighted by atomic mass is 10.2. The standard InChI is InChI=1S/C13H20N4O3S2/c1-2-11-12(21-15-14-11)13(18)17-6-4-16(5-7-17)10-3-8-22(19,20)9-10/h10H,2-9H2,1H3/t10-/m1/s1. The Hall–Kier alpha value is -1.06. The van der Waals surface area contributed by atoms with E-state index >= 15 is 0 Å². The maximum Gasteiger partial charge on any atom is 0.267 e. The summed E-state index contributed by atoms with van der Waals surface area (Å²) in [6, 6.07) is 0.124. The molecule has 2 fully saturated rings. The van der Waals surface area contributed by atoms with Crippen molar-refractivity contribution in [3.05, 3.63) is 10.6 Å². The molecule has 0 aromatic carbocycles. The molecule has 1 atom stereocenters. The fourth-order valence-electron chi connectivity index (χ4n) is 3.10. The summed E-state index contributed by atoms with van der Waals surface area (Å²) < 4.78 is 27.0. The van der Waals surface area contributed by atoms with Gasteiger partial charge in [0, 0.05) is 32.2 Å². The Bertz CT molecular complexity index is 650. The van der Waals surface area contributed by atoms with E-state index in [1.54, 1.807) is 0 Å². The van der Waals surface area contributed by atoms with E-state index in [0.29, 0.717) is 30.1 Å². The van der Waals surface area contributed by atoms with Crippen molar-refractivity contribution in [2.45, 2.75) is 25.8 Å². The van der Waals surface area contributed by atoms with Crippen molar-refractivity contribution < 1.29 is 13.2 Å². The lowest BCUT2D eigenvalue weighted by Gasteiger charge is -2.37. The highest BCUT2D eigenvalue weighted by Crippen LogP contribution is 2.21. The highest BCUT2D eigenvalue weighted by molar-refractivity contribution is 7.91. The molecular formula is C13H20N4O3S2. The van der Waals surface area contributed by atoms with Crippen LogP contribution in [0.25, 0.3) is 0 Å². The highest BCUT2D eigenvalue weighted by Gasteiger charge is 2.34. The van der Waals surface area contributed by atoms with Gasteiger partial charge in [0.2, 0.25) is 0 Å². The number of hydrogen-bond donors (Lipinski definition) is 0. The van der Waals surface area contributed by atoms with Crippen LogP contribution >= 0.6 is 11.5 Å². The molecule has 0 radical (unpaired) electrons. The van der Waals surface area contributed by atoms with Crippen molar-refractivity contribution in [1.82, 2.24) is 19.4 Å². The van der Waals surface area contributed by atoms with E-state index in [-0.39, 0.29) is 17.7 Å². The summed E-state index contributed by atoms with van der Waals surface area (Å²) in [6.07, 6.45) is 1.42. The Balaban J connectivity index is 1.59. The van der Waals surface area contributed by atoms with Crippen LogP contribution < -0.4 is 0 Å². The van der Waals surface area contributed by atoms with Gasteiger partial charge in [0.25, 0.3) is 5.91 Å². The summed E-state index contributed by atoms with van der Waals surface area (Å²) in [7, 11) is -2.86. The normalized spacial score (nSPS) is 25.5. The molecule has 7 nitrogen and oxygen atoms in total. The molecular weight excluding hydrogens is 324 g/mol. The fourth-order valence-corrected chi connectivity index (χ4v) is 5.58. The summed E-state index contributed by atoms with van der Waals surface area (Å²) in [5.74, 6) is 0.564. The molecule has 0 N–H and O–H groups in total. The maximum atomic E-state index is 12.5. The number of aromatic nitrogens is 2. The van der Waals surface area contributed by atoms with Gasteiger partial charge in [0.05, 0.1) is 17.2 Å². The zero-order chi connectivity index (χ0) is 15.7. The third kappa shape index (κ3) is 3.16. The summed E-state index contributed by atoms with van der Waals surface area (Å²) in [4.78, 5) is 17.2. The molecule has 2 aliphatic rings. The number of carbonyl (C=O) groups is 1. The van der Waals surface area contributed by atoms with Gasteiger partial charge in [0.15, 0.2) is 9.84 Å². The van der Waals surface area contributed by atoms with Crippen LogP contribution in [0.15, 0.2) is 0 Å². The first-order chi connectivity index (χ1) is 10.5. The van der Waals surface area contributed by atoms with Crippen molar-refractivity contribution in [3.63, 3.8) is 0 Å². The van der Waals surface area contributed by atoms with Crippen molar-refractivity contribution in [2.24, 2.45) is 0 Å². The second-order valence-corrected chi connectivity index (χ2v) is 8.77. The van der Waals surface area contributed by atoms with Gasteiger partial charge in [-0.1, -0.05) is 11.4 Å². The van der Waals surface area contributed by atoms with Crippen LogP contribution in [0.2, 0.25) is 0 Å². The number of carbonyl (C=O) groups excluding carboxylic acids is 1. The smallest absolute Gasteiger partial charge is 0.267 e. The van der Waals surface area contributed by atoms with Crippen LogP contribution in [0.5, 0.6) is 0 Å². The summed E-state index contributed by atoms with van der Waals surface area (Å²) in [5, 5.41) is 3.99. The Labute approximate surface area is 134 Å². The van der Waals surface area contributed by atoms with Gasteiger partial charge in [-0.05, 0) is 24.4 Å². The Morgan fingerprint density at radius 2 is 2.05 bits per heavy atom. The molecule has 22 heavy (non-hydrogen) atoms. The van der Waals surface area contributed by atoms with Gasteiger partial charge in [-0.2, -0.15) is 0 Å². The van der Waals surface area contributed by atoms with Gasteiger partial charge < -0.3 is 4.90 Å². The Morgan fingerprint density at radius 3 is 2.64 bits per heavy atom. The van der Waals surface area contributed by atoms with E-state index in [9.17, 15) is 13.2 Å². The number of nitrogens with zero attached hydrogens (tertiary/aromatic N) is 4. The maximum absolute atomic E-state index is 12.5. The number of hydrogen-bond acceptors (Lipinski definition) is 7. The summed E-state index contributed by atoms with van der Waals surface area (Å²) in [6.45, 7) is 4.71. The van der Waals surface area contributed by atoms with Gasteiger partial charge in [-0.25, -0.2) is 8.42 Å². The van der Waals surface area contributed by atoms with Crippen LogP contribution in [-0.4, -0.2) is 77.4 Å². The molecule has 1 amide bonds. The van der Waals surface area contributed by atoms with Crippen molar-refractivity contribution in [2.75, 3.05) is 37.7 Å². The molecule has 1 aromatic rings. The molecule has 0 spiro atoms. The first kappa shape index (κ1) is 15.8. The quantitative estimate of drug-likeness (QED) is 0.770. The highest BCUT2D eigenvalue weighted by atomic mass is 32.2. The first-order valence-corrected chi connectivity index (χ1v) is 10.1.